The van der Waals surface area contributed by atoms with E-state index in [9.17, 15) is 5.11 Å². The third kappa shape index (κ3) is 3.69. The molecular weight excluding hydrogens is 338 g/mol. The van der Waals surface area contributed by atoms with Crippen molar-refractivity contribution in [2.24, 2.45) is 0 Å². The molecule has 3 rings (SSSR count). The van der Waals surface area contributed by atoms with E-state index in [4.69, 9.17) is 14.9 Å². The number of fused-ring (bicyclic) bond motifs is 1. The fraction of sp³-hybridized carbons (Fsp3) is 0.688. The summed E-state index contributed by atoms with van der Waals surface area (Å²) in [5.41, 5.74) is 6.38. The van der Waals surface area contributed by atoms with Crippen LogP contribution in [0.4, 0.5) is 5.82 Å². The zero-order valence-electron chi connectivity index (χ0n) is 15.2. The van der Waals surface area contributed by atoms with E-state index in [-0.39, 0.29) is 11.1 Å². The highest BCUT2D eigenvalue weighted by Crippen LogP contribution is 2.38. The Hall–Kier alpha value is -1.55. The SMILES string of the molecule is CC(C)(C)[Si]OC(C)(C)[C@@H]1C[C@@H](O)[C@H](n2cnc3c(N)ncnc32)O1. The van der Waals surface area contributed by atoms with Crippen molar-refractivity contribution in [3.63, 3.8) is 0 Å². The van der Waals surface area contributed by atoms with Gasteiger partial charge < -0.3 is 20.0 Å². The maximum absolute atomic E-state index is 10.5. The van der Waals surface area contributed by atoms with E-state index in [0.717, 1.165) is 0 Å². The maximum Gasteiger partial charge on any atom is 0.236 e. The number of aliphatic hydroxyl groups excluding tert-OH is 1. The van der Waals surface area contributed by atoms with E-state index in [1.807, 2.05) is 13.8 Å². The molecule has 3 N–H and O–H groups in total. The molecule has 0 amide bonds. The second-order valence-corrected chi connectivity index (χ2v) is 9.87. The zero-order chi connectivity index (χ0) is 18.4. The average Bonchev–Trinajstić information content (AvgIpc) is 3.09. The van der Waals surface area contributed by atoms with Crippen LogP contribution in [0.25, 0.3) is 11.2 Å². The fourth-order valence-corrected chi connectivity index (χ4v) is 3.46. The van der Waals surface area contributed by atoms with Crippen LogP contribution in [0.3, 0.4) is 0 Å². The Morgan fingerprint density at radius 1 is 1.28 bits per heavy atom. The van der Waals surface area contributed by atoms with Gasteiger partial charge in [-0.1, -0.05) is 20.8 Å². The van der Waals surface area contributed by atoms with Gasteiger partial charge in [-0.05, 0) is 18.9 Å². The number of rotatable bonds is 4. The number of ether oxygens (including phenoxy) is 1. The zero-order valence-corrected chi connectivity index (χ0v) is 16.2. The van der Waals surface area contributed by atoms with E-state index < -0.39 is 17.9 Å². The summed E-state index contributed by atoms with van der Waals surface area (Å²) < 4.78 is 14.0. The Labute approximate surface area is 149 Å². The van der Waals surface area contributed by atoms with Gasteiger partial charge >= 0.3 is 0 Å². The van der Waals surface area contributed by atoms with Crippen molar-refractivity contribution in [1.29, 1.82) is 0 Å². The number of nitrogens with two attached hydrogens (primary N) is 1. The number of aromatic nitrogens is 4. The van der Waals surface area contributed by atoms with E-state index in [2.05, 4.69) is 35.7 Å². The van der Waals surface area contributed by atoms with Gasteiger partial charge in [0.1, 0.15) is 17.9 Å². The lowest BCUT2D eigenvalue weighted by Crippen LogP contribution is -2.41. The van der Waals surface area contributed by atoms with E-state index >= 15 is 0 Å². The normalized spacial score (nSPS) is 25.0. The van der Waals surface area contributed by atoms with Crippen molar-refractivity contribution in [1.82, 2.24) is 19.5 Å². The lowest BCUT2D eigenvalue weighted by atomic mass is 9.98. The molecule has 0 aromatic carbocycles. The summed E-state index contributed by atoms with van der Waals surface area (Å²) in [6.07, 6.45) is 1.94. The highest BCUT2D eigenvalue weighted by molar-refractivity contribution is 6.31. The lowest BCUT2D eigenvalue weighted by molar-refractivity contribution is -0.0978. The molecule has 2 aromatic heterocycles. The van der Waals surface area contributed by atoms with Crippen molar-refractivity contribution in [3.05, 3.63) is 12.7 Å². The van der Waals surface area contributed by atoms with Crippen molar-refractivity contribution in [2.45, 2.75) is 70.1 Å². The average molecular weight is 363 g/mol. The topological polar surface area (TPSA) is 108 Å². The van der Waals surface area contributed by atoms with Crippen molar-refractivity contribution < 1.29 is 14.3 Å². The van der Waals surface area contributed by atoms with Gasteiger partial charge in [-0.15, -0.1) is 0 Å². The number of aliphatic hydroxyl groups is 1. The minimum atomic E-state index is -0.681. The Morgan fingerprint density at radius 3 is 2.68 bits per heavy atom. The number of imidazole rings is 1. The molecule has 0 saturated carbocycles. The standard InChI is InChI=1S/C16H25N5O3Si/c1-15(2,3)25-24-16(4,5)10-6-9(22)14(23-10)21-8-20-11-12(17)18-7-19-13(11)21/h7-10,14,22H,6H2,1-5H3,(H2,17,18,19)/t9-,10+,14-/m1/s1. The molecule has 0 unspecified atom stereocenters. The molecule has 1 aliphatic heterocycles. The summed E-state index contributed by atoms with van der Waals surface area (Å²) >= 11 is 0. The van der Waals surface area contributed by atoms with Crippen molar-refractivity contribution in [3.8, 4) is 0 Å². The first-order chi connectivity index (χ1) is 11.6. The third-order valence-electron chi connectivity index (χ3n) is 4.15. The van der Waals surface area contributed by atoms with Crippen LogP contribution < -0.4 is 5.73 Å². The summed E-state index contributed by atoms with van der Waals surface area (Å²) in [4.78, 5) is 12.4. The molecule has 136 valence electrons. The molecule has 8 nitrogen and oxygen atoms in total. The molecule has 0 spiro atoms. The predicted molar refractivity (Wildman–Crippen MR) is 94.9 cm³/mol. The Morgan fingerprint density at radius 2 is 2.00 bits per heavy atom. The van der Waals surface area contributed by atoms with Gasteiger partial charge in [0.2, 0.25) is 9.76 Å². The fourth-order valence-electron chi connectivity index (χ4n) is 2.76. The smallest absolute Gasteiger partial charge is 0.236 e. The molecule has 1 fully saturated rings. The maximum atomic E-state index is 10.5. The van der Waals surface area contributed by atoms with Crippen LogP contribution in [0.5, 0.6) is 0 Å². The van der Waals surface area contributed by atoms with Gasteiger partial charge in [-0.3, -0.25) is 4.57 Å². The second-order valence-electron chi connectivity index (χ2n) is 7.96. The van der Waals surface area contributed by atoms with E-state index in [1.54, 1.807) is 10.9 Å². The summed E-state index contributed by atoms with van der Waals surface area (Å²) in [7, 11) is 0.341. The molecule has 1 saturated heterocycles. The molecule has 3 heterocycles. The van der Waals surface area contributed by atoms with Crippen molar-refractivity contribution in [2.75, 3.05) is 5.73 Å². The molecule has 25 heavy (non-hydrogen) atoms. The second kappa shape index (κ2) is 6.31. The third-order valence-corrected chi connectivity index (χ3v) is 5.39. The number of anilines is 1. The molecular formula is C16H25N5O3Si. The predicted octanol–water partition coefficient (Wildman–Crippen LogP) is 1.69. The van der Waals surface area contributed by atoms with Crippen LogP contribution in [0.2, 0.25) is 5.04 Å². The van der Waals surface area contributed by atoms with E-state index in [0.29, 0.717) is 33.2 Å². The minimum absolute atomic E-state index is 0.0862. The number of nitrogen functional groups attached to an aromatic ring is 1. The monoisotopic (exact) mass is 363 g/mol. The molecule has 0 bridgehead atoms. The number of nitrogens with zero attached hydrogens (tertiary/aromatic N) is 4. The quantitative estimate of drug-likeness (QED) is 0.796. The Bertz CT molecular complexity index is 758. The molecule has 0 aliphatic carbocycles. The molecule has 1 aliphatic rings. The summed E-state index contributed by atoms with van der Waals surface area (Å²) in [5.74, 6) is 0.308. The first kappa shape index (κ1) is 18.2. The Kier molecular flexibility index (Phi) is 4.61. The van der Waals surface area contributed by atoms with Gasteiger partial charge in [0.15, 0.2) is 17.7 Å². The molecule has 2 radical (unpaired) electrons. The summed E-state index contributed by atoms with van der Waals surface area (Å²) in [6, 6.07) is 0. The van der Waals surface area contributed by atoms with Crippen LogP contribution in [0.1, 0.15) is 47.3 Å². The van der Waals surface area contributed by atoms with Crippen molar-refractivity contribution >= 4 is 26.7 Å². The highest BCUT2D eigenvalue weighted by Gasteiger charge is 2.44. The first-order valence-corrected chi connectivity index (χ1v) is 9.21. The first-order valence-electron chi connectivity index (χ1n) is 8.30. The Balaban J connectivity index is 1.80. The van der Waals surface area contributed by atoms with Gasteiger partial charge in [0.05, 0.1) is 18.0 Å². The largest absolute Gasteiger partial charge is 0.409 e. The van der Waals surface area contributed by atoms with Crippen LogP contribution in [-0.2, 0) is 9.16 Å². The molecule has 9 heteroatoms. The van der Waals surface area contributed by atoms with E-state index in [1.165, 1.54) is 6.33 Å². The molecule has 2 aromatic rings. The number of hydrogen-bond donors (Lipinski definition) is 2. The minimum Gasteiger partial charge on any atom is -0.409 e. The summed E-state index contributed by atoms with van der Waals surface area (Å²) in [6.45, 7) is 10.4. The lowest BCUT2D eigenvalue weighted by Gasteiger charge is -2.34. The van der Waals surface area contributed by atoms with Gasteiger partial charge in [-0.25, -0.2) is 15.0 Å². The van der Waals surface area contributed by atoms with Gasteiger partial charge in [0.25, 0.3) is 0 Å². The highest BCUT2D eigenvalue weighted by atomic mass is 28.2. The summed E-state index contributed by atoms with van der Waals surface area (Å²) in [5, 5.41) is 10.6. The van der Waals surface area contributed by atoms with Gasteiger partial charge in [-0.2, -0.15) is 0 Å². The molecule has 3 atom stereocenters. The van der Waals surface area contributed by atoms with Crippen LogP contribution in [0.15, 0.2) is 12.7 Å². The number of hydrogen-bond acceptors (Lipinski definition) is 7. The van der Waals surface area contributed by atoms with Crippen LogP contribution in [0, 0.1) is 0 Å². The van der Waals surface area contributed by atoms with Crippen LogP contribution in [-0.4, -0.2) is 52.2 Å². The van der Waals surface area contributed by atoms with Crippen LogP contribution >= 0.6 is 0 Å². The van der Waals surface area contributed by atoms with Gasteiger partial charge in [0, 0.05) is 6.42 Å².